The quantitative estimate of drug-likeness (QED) is 0.607. The first-order chi connectivity index (χ1) is 11.1. The highest BCUT2D eigenvalue weighted by Gasteiger charge is 2.41. The fraction of sp³-hybridized carbons (Fsp3) is 0.304. The van der Waals surface area contributed by atoms with E-state index in [1.54, 1.807) is 5.57 Å². The number of hydrogen-bond acceptors (Lipinski definition) is 0. The zero-order valence-electron chi connectivity index (χ0n) is 14.3. The van der Waals surface area contributed by atoms with Gasteiger partial charge in [-0.1, -0.05) is 92.6 Å². The molecule has 2 aliphatic carbocycles. The number of hydrogen-bond donors (Lipinski definition) is 0. The largest absolute Gasteiger partial charge is 0.0772 e. The van der Waals surface area contributed by atoms with E-state index < -0.39 is 0 Å². The highest BCUT2D eigenvalue weighted by molar-refractivity contribution is 5.79. The Labute approximate surface area is 139 Å². The lowest BCUT2D eigenvalue weighted by Crippen LogP contribution is -2.23. The Kier molecular flexibility index (Phi) is 3.30. The predicted octanol–water partition coefficient (Wildman–Crippen LogP) is 6.49. The van der Waals surface area contributed by atoms with Gasteiger partial charge in [0.15, 0.2) is 0 Å². The van der Waals surface area contributed by atoms with Crippen LogP contribution in [-0.2, 0) is 0 Å². The summed E-state index contributed by atoms with van der Waals surface area (Å²) in [5.41, 5.74) is 9.02. The van der Waals surface area contributed by atoms with Crippen LogP contribution in [0.15, 0.2) is 71.8 Å². The number of allylic oxidation sites excluding steroid dienone is 4. The maximum Gasteiger partial charge on any atom is 0.0190 e. The van der Waals surface area contributed by atoms with Crippen molar-refractivity contribution in [2.24, 2.45) is 5.41 Å². The van der Waals surface area contributed by atoms with Gasteiger partial charge in [0.2, 0.25) is 0 Å². The first-order valence-corrected chi connectivity index (χ1v) is 8.71. The molecule has 0 unspecified atom stereocenters. The molecule has 0 N–H and O–H groups in total. The lowest BCUT2D eigenvalue weighted by Gasteiger charge is -2.35. The zero-order chi connectivity index (χ0) is 16.0. The molecule has 0 bridgehead atoms. The van der Waals surface area contributed by atoms with Crippen molar-refractivity contribution in [3.05, 3.63) is 83.0 Å². The Balaban J connectivity index is 1.86. The normalized spacial score (nSPS) is 16.8. The molecule has 0 amide bonds. The van der Waals surface area contributed by atoms with Crippen molar-refractivity contribution in [3.63, 3.8) is 0 Å². The second-order valence-corrected chi connectivity index (χ2v) is 7.34. The molecule has 0 heteroatoms. The van der Waals surface area contributed by atoms with Gasteiger partial charge in [0.05, 0.1) is 0 Å². The van der Waals surface area contributed by atoms with Crippen molar-refractivity contribution in [3.8, 4) is 11.1 Å². The Hall–Kier alpha value is -2.08. The van der Waals surface area contributed by atoms with Gasteiger partial charge < -0.3 is 0 Å². The molecule has 0 aliphatic heterocycles. The number of benzene rings is 2. The van der Waals surface area contributed by atoms with Crippen molar-refractivity contribution in [2.75, 3.05) is 0 Å². The molecule has 0 atom stereocenters. The summed E-state index contributed by atoms with van der Waals surface area (Å²) in [4.78, 5) is 0. The number of fused-ring (bicyclic) bond motifs is 3. The van der Waals surface area contributed by atoms with Crippen LogP contribution in [0, 0.1) is 5.41 Å². The van der Waals surface area contributed by atoms with Gasteiger partial charge in [-0.05, 0) is 40.5 Å². The van der Waals surface area contributed by atoms with E-state index >= 15 is 0 Å². The van der Waals surface area contributed by atoms with Crippen LogP contribution in [0.3, 0.4) is 0 Å². The van der Waals surface area contributed by atoms with Gasteiger partial charge in [-0.15, -0.1) is 0 Å². The zero-order valence-corrected chi connectivity index (χ0v) is 14.3. The van der Waals surface area contributed by atoms with Gasteiger partial charge in [-0.2, -0.15) is 0 Å². The molecule has 0 fully saturated rings. The molecule has 4 rings (SSSR count). The van der Waals surface area contributed by atoms with Crippen LogP contribution < -0.4 is 0 Å². The van der Waals surface area contributed by atoms with Crippen molar-refractivity contribution in [2.45, 2.75) is 39.5 Å². The van der Waals surface area contributed by atoms with Gasteiger partial charge in [0.1, 0.15) is 0 Å². The Bertz CT molecular complexity index is 772. The number of rotatable bonds is 3. The van der Waals surface area contributed by atoms with Gasteiger partial charge in [0.25, 0.3) is 0 Å². The fourth-order valence-electron chi connectivity index (χ4n) is 4.40. The van der Waals surface area contributed by atoms with Crippen molar-refractivity contribution >= 4 is 0 Å². The molecule has 0 aromatic heterocycles. The average molecular weight is 300 g/mol. The van der Waals surface area contributed by atoms with E-state index in [-0.39, 0.29) is 5.41 Å². The van der Waals surface area contributed by atoms with E-state index in [0.29, 0.717) is 5.92 Å². The molecule has 2 aliphatic rings. The third-order valence-corrected chi connectivity index (χ3v) is 5.74. The van der Waals surface area contributed by atoms with E-state index in [2.05, 4.69) is 81.5 Å². The summed E-state index contributed by atoms with van der Waals surface area (Å²) in [5.74, 6) is 0.450. The van der Waals surface area contributed by atoms with Crippen LogP contribution >= 0.6 is 0 Å². The third kappa shape index (κ3) is 2.12. The summed E-state index contributed by atoms with van der Waals surface area (Å²) < 4.78 is 0. The van der Waals surface area contributed by atoms with Crippen LogP contribution in [0.5, 0.6) is 0 Å². The minimum Gasteiger partial charge on any atom is -0.0772 e. The summed E-state index contributed by atoms with van der Waals surface area (Å²) in [6, 6.07) is 17.9. The lowest BCUT2D eigenvalue weighted by atomic mass is 9.68. The monoisotopic (exact) mass is 300 g/mol. The summed E-state index contributed by atoms with van der Waals surface area (Å²) in [6.45, 7) is 7.10. The standard InChI is InChI=1S/C23H24/c1-4-16-13-14-17(15-16)23(2,3)22-20-11-7-5-9-18(20)19-10-6-8-12-21(19)22/h5-13,15,22H,4,14H2,1-3H3. The molecule has 0 radical (unpaired) electrons. The summed E-state index contributed by atoms with van der Waals surface area (Å²) in [6.07, 6.45) is 7.10. The SMILES string of the molecule is CCC1=CCC(C(C)(C)C2c3ccccc3-c3ccccc32)=C1. The molecule has 2 aromatic rings. The van der Waals surface area contributed by atoms with Gasteiger partial charge >= 0.3 is 0 Å². The van der Waals surface area contributed by atoms with Crippen LogP contribution in [-0.4, -0.2) is 0 Å². The van der Waals surface area contributed by atoms with Crippen LogP contribution in [0.4, 0.5) is 0 Å². The highest BCUT2D eigenvalue weighted by atomic mass is 14.4. The average Bonchev–Trinajstić information content (AvgIpc) is 3.18. The molecule has 23 heavy (non-hydrogen) atoms. The molecule has 116 valence electrons. The Morgan fingerprint density at radius 1 is 0.913 bits per heavy atom. The van der Waals surface area contributed by atoms with Crippen molar-refractivity contribution in [1.29, 1.82) is 0 Å². The fourth-order valence-corrected chi connectivity index (χ4v) is 4.40. The van der Waals surface area contributed by atoms with E-state index in [9.17, 15) is 0 Å². The molecule has 0 saturated carbocycles. The summed E-state index contributed by atoms with van der Waals surface area (Å²) in [5, 5.41) is 0. The molecule has 0 saturated heterocycles. The Morgan fingerprint density at radius 3 is 2.00 bits per heavy atom. The van der Waals surface area contributed by atoms with Crippen LogP contribution in [0.2, 0.25) is 0 Å². The van der Waals surface area contributed by atoms with Gasteiger partial charge in [-0.3, -0.25) is 0 Å². The molecule has 0 nitrogen and oxygen atoms in total. The first-order valence-electron chi connectivity index (χ1n) is 8.71. The van der Waals surface area contributed by atoms with Crippen molar-refractivity contribution in [1.82, 2.24) is 0 Å². The van der Waals surface area contributed by atoms with E-state index in [1.165, 1.54) is 27.8 Å². The molecular formula is C23H24. The minimum atomic E-state index is 0.135. The molecule has 0 heterocycles. The smallest absolute Gasteiger partial charge is 0.0190 e. The Morgan fingerprint density at radius 2 is 1.48 bits per heavy atom. The van der Waals surface area contributed by atoms with E-state index in [1.807, 2.05) is 0 Å². The second-order valence-electron chi connectivity index (χ2n) is 7.34. The highest BCUT2D eigenvalue weighted by Crippen LogP contribution is 2.56. The summed E-state index contributed by atoms with van der Waals surface area (Å²) >= 11 is 0. The lowest BCUT2D eigenvalue weighted by molar-refractivity contribution is 0.388. The van der Waals surface area contributed by atoms with E-state index in [0.717, 1.165) is 12.8 Å². The predicted molar refractivity (Wildman–Crippen MR) is 98.6 cm³/mol. The third-order valence-electron chi connectivity index (χ3n) is 5.74. The minimum absolute atomic E-state index is 0.135. The van der Waals surface area contributed by atoms with Gasteiger partial charge in [0, 0.05) is 5.92 Å². The summed E-state index contributed by atoms with van der Waals surface area (Å²) in [7, 11) is 0. The first kappa shape index (κ1) is 14.5. The van der Waals surface area contributed by atoms with E-state index in [4.69, 9.17) is 0 Å². The van der Waals surface area contributed by atoms with Crippen LogP contribution in [0.25, 0.3) is 11.1 Å². The topological polar surface area (TPSA) is 0 Å². The maximum absolute atomic E-state index is 2.45. The van der Waals surface area contributed by atoms with Crippen molar-refractivity contribution < 1.29 is 0 Å². The van der Waals surface area contributed by atoms with Crippen LogP contribution in [0.1, 0.15) is 50.7 Å². The molecule has 2 aromatic carbocycles. The maximum atomic E-state index is 2.45. The second kappa shape index (κ2) is 5.23. The van der Waals surface area contributed by atoms with Gasteiger partial charge in [-0.25, -0.2) is 0 Å². The molecular weight excluding hydrogens is 276 g/mol. The molecule has 0 spiro atoms.